The topological polar surface area (TPSA) is 327 Å². The monoisotopic (exact) mass is 845 g/mol. The van der Waals surface area contributed by atoms with Crippen LogP contribution < -0.4 is 27.0 Å². The summed E-state index contributed by atoms with van der Waals surface area (Å²) < 4.78 is 10.5. The van der Waals surface area contributed by atoms with E-state index in [9.17, 15) is 53.4 Å². The van der Waals surface area contributed by atoms with Crippen molar-refractivity contribution < 1.29 is 73.1 Å². The van der Waals surface area contributed by atoms with Gasteiger partial charge in [-0.05, 0) is 32.1 Å². The van der Waals surface area contributed by atoms with Crippen LogP contribution in [0.15, 0.2) is 0 Å². The molecule has 0 aliphatic rings. The number of nitrogens with two attached hydrogens (primary N) is 1. The quantitative estimate of drug-likeness (QED) is 0.0398. The Labute approximate surface area is 345 Å². The maximum absolute atomic E-state index is 12.3. The molecule has 0 fully saturated rings. The number of nitrogens with one attached hydrogen (secondary N) is 4. The molecular formula is C39H67N5O15. The minimum absolute atomic E-state index is 0.0289. The number of hydrogen-bond donors (Lipinski definition) is 9. The number of rotatable bonds is 40. The van der Waals surface area contributed by atoms with Crippen molar-refractivity contribution in [2.45, 2.75) is 159 Å². The van der Waals surface area contributed by atoms with Gasteiger partial charge in [0.05, 0.1) is 19.8 Å². The summed E-state index contributed by atoms with van der Waals surface area (Å²) in [6, 6.07) is -4.05. The summed E-state index contributed by atoms with van der Waals surface area (Å²) in [5.74, 6) is -7.90. The predicted molar refractivity (Wildman–Crippen MR) is 212 cm³/mol. The van der Waals surface area contributed by atoms with Crippen LogP contribution in [0.4, 0.5) is 0 Å². The molecule has 0 aromatic carbocycles. The Morgan fingerprint density at radius 1 is 0.424 bits per heavy atom. The van der Waals surface area contributed by atoms with Crippen LogP contribution in [-0.2, 0) is 52.6 Å². The Morgan fingerprint density at radius 3 is 1.24 bits per heavy atom. The summed E-state index contributed by atoms with van der Waals surface area (Å²) in [6.07, 6.45) is 13.7. The molecule has 0 aromatic heterocycles. The molecule has 0 saturated carbocycles. The largest absolute Gasteiger partial charge is 0.481 e. The number of unbranched alkanes of at least 4 members (excludes halogenated alkanes) is 13. The molecule has 0 aromatic rings. The smallest absolute Gasteiger partial charge is 0.326 e. The van der Waals surface area contributed by atoms with E-state index in [1.54, 1.807) is 0 Å². The highest BCUT2D eigenvalue weighted by atomic mass is 16.5. The van der Waals surface area contributed by atoms with Crippen molar-refractivity contribution in [2.75, 3.05) is 33.0 Å². The zero-order valence-corrected chi connectivity index (χ0v) is 34.2. The number of carbonyl (C=O) groups excluding carboxylic acids is 5. The van der Waals surface area contributed by atoms with Crippen molar-refractivity contribution >= 4 is 53.4 Å². The molecule has 0 saturated heterocycles. The van der Waals surface area contributed by atoms with Gasteiger partial charge in [-0.3, -0.25) is 28.8 Å². The third kappa shape index (κ3) is 33.8. The lowest BCUT2D eigenvalue weighted by atomic mass is 10.0. The number of aliphatic carboxylic acids is 4. The maximum atomic E-state index is 12.3. The SMILES string of the molecule is NC(=O)CC[C@H](NC(=O)CCC(NC(=O)COCCOCCNC(=O)CCC(NC(=O)CCCCCCCCCCCCCCCCC(=O)O)C(=O)O)C(=O)O)C(=O)O. The molecule has 0 rings (SSSR count). The van der Waals surface area contributed by atoms with Crippen molar-refractivity contribution in [2.24, 2.45) is 5.73 Å². The summed E-state index contributed by atoms with van der Waals surface area (Å²) in [4.78, 5) is 105. The third-order valence-corrected chi connectivity index (χ3v) is 9.12. The molecule has 0 radical (unpaired) electrons. The van der Waals surface area contributed by atoms with E-state index >= 15 is 0 Å². The normalized spacial score (nSPS) is 12.4. The molecule has 0 aliphatic heterocycles. The molecule has 0 heterocycles. The highest BCUT2D eigenvalue weighted by molar-refractivity contribution is 5.87. The second-order valence-corrected chi connectivity index (χ2v) is 14.3. The molecular weight excluding hydrogens is 778 g/mol. The van der Waals surface area contributed by atoms with E-state index in [-0.39, 0.29) is 77.2 Å². The molecule has 59 heavy (non-hydrogen) atoms. The summed E-state index contributed by atoms with van der Waals surface area (Å²) >= 11 is 0. The third-order valence-electron chi connectivity index (χ3n) is 9.12. The number of carboxylic acid groups (broad SMARTS) is 4. The lowest BCUT2D eigenvalue weighted by Crippen LogP contribution is -2.45. The highest BCUT2D eigenvalue weighted by Crippen LogP contribution is 2.14. The van der Waals surface area contributed by atoms with Crippen molar-refractivity contribution in [1.82, 2.24) is 21.3 Å². The first-order valence-corrected chi connectivity index (χ1v) is 20.6. The van der Waals surface area contributed by atoms with E-state index in [0.29, 0.717) is 6.42 Å². The molecule has 2 unspecified atom stereocenters. The van der Waals surface area contributed by atoms with Crippen molar-refractivity contribution in [3.63, 3.8) is 0 Å². The van der Waals surface area contributed by atoms with Crippen LogP contribution >= 0.6 is 0 Å². The Hall–Kier alpha value is -4.85. The van der Waals surface area contributed by atoms with Crippen LogP contribution in [0.25, 0.3) is 0 Å². The fourth-order valence-corrected chi connectivity index (χ4v) is 5.80. The molecule has 338 valence electrons. The maximum Gasteiger partial charge on any atom is 0.326 e. The van der Waals surface area contributed by atoms with Gasteiger partial charge < -0.3 is 56.9 Å². The zero-order chi connectivity index (χ0) is 44.3. The number of amides is 5. The second-order valence-electron chi connectivity index (χ2n) is 14.3. The van der Waals surface area contributed by atoms with Crippen LogP contribution in [0, 0.1) is 0 Å². The lowest BCUT2D eigenvalue weighted by Gasteiger charge is -2.16. The second kappa shape index (κ2) is 35.1. The molecule has 0 aliphatic carbocycles. The average molecular weight is 846 g/mol. The van der Waals surface area contributed by atoms with Gasteiger partial charge in [0, 0.05) is 38.6 Å². The van der Waals surface area contributed by atoms with Crippen LogP contribution in [0.5, 0.6) is 0 Å². The van der Waals surface area contributed by atoms with Gasteiger partial charge in [-0.25, -0.2) is 14.4 Å². The first-order valence-electron chi connectivity index (χ1n) is 20.6. The number of primary amides is 1. The van der Waals surface area contributed by atoms with E-state index in [4.69, 9.17) is 25.4 Å². The molecule has 0 bridgehead atoms. The minimum Gasteiger partial charge on any atom is -0.481 e. The standard InChI is InChI=1S/C39H67N5O15/c40-31(45)20-17-28(37(52)53)43-34(48)22-19-30(39(56)57)44-35(49)27-59-26-25-58-24-23-41-32(46)21-18-29(38(54)55)42-33(47)15-13-11-9-7-5-3-1-2-4-6-8-10-12-14-16-36(50)51/h28-30H,1-27H2,(H2,40,45)(H,41,46)(H,42,47)(H,43,48)(H,44,49)(H,50,51)(H,52,53)(H,54,55)(H,56,57)/t28-,29?,30?/m0/s1. The van der Waals surface area contributed by atoms with Gasteiger partial charge in [0.15, 0.2) is 0 Å². The van der Waals surface area contributed by atoms with Crippen molar-refractivity contribution in [3.8, 4) is 0 Å². The Morgan fingerprint density at radius 2 is 0.797 bits per heavy atom. The number of carbonyl (C=O) groups is 9. The van der Waals surface area contributed by atoms with Crippen LogP contribution in [-0.4, -0.2) is 125 Å². The summed E-state index contributed by atoms with van der Waals surface area (Å²) in [5, 5.41) is 46.1. The summed E-state index contributed by atoms with van der Waals surface area (Å²) in [7, 11) is 0. The van der Waals surface area contributed by atoms with Gasteiger partial charge in [-0.15, -0.1) is 0 Å². The van der Waals surface area contributed by atoms with Gasteiger partial charge in [-0.1, -0.05) is 77.0 Å². The van der Waals surface area contributed by atoms with E-state index in [0.717, 1.165) is 51.4 Å². The van der Waals surface area contributed by atoms with E-state index in [2.05, 4.69) is 21.3 Å². The van der Waals surface area contributed by atoms with Gasteiger partial charge in [0.25, 0.3) is 0 Å². The minimum atomic E-state index is -1.46. The summed E-state index contributed by atoms with van der Waals surface area (Å²) in [6.45, 7) is -0.355. The molecule has 0 spiro atoms. The number of carboxylic acids is 4. The van der Waals surface area contributed by atoms with E-state index < -0.39 is 78.7 Å². The van der Waals surface area contributed by atoms with Crippen LogP contribution in [0.3, 0.4) is 0 Å². The van der Waals surface area contributed by atoms with Gasteiger partial charge >= 0.3 is 23.9 Å². The van der Waals surface area contributed by atoms with E-state index in [1.165, 1.54) is 32.1 Å². The van der Waals surface area contributed by atoms with Gasteiger partial charge in [-0.2, -0.15) is 0 Å². The Kier molecular flexibility index (Phi) is 32.2. The Bertz CT molecular complexity index is 1300. The fraction of sp³-hybridized carbons (Fsp3) is 0.769. The molecule has 5 amide bonds. The van der Waals surface area contributed by atoms with Gasteiger partial charge in [0.1, 0.15) is 24.7 Å². The first-order chi connectivity index (χ1) is 28.1. The van der Waals surface area contributed by atoms with Crippen molar-refractivity contribution in [1.29, 1.82) is 0 Å². The van der Waals surface area contributed by atoms with E-state index in [1.807, 2.05) is 0 Å². The molecule has 10 N–H and O–H groups in total. The van der Waals surface area contributed by atoms with Crippen LogP contribution in [0.2, 0.25) is 0 Å². The predicted octanol–water partition coefficient (Wildman–Crippen LogP) is 2.00. The molecule has 20 heteroatoms. The lowest BCUT2D eigenvalue weighted by molar-refractivity contribution is -0.144. The first kappa shape index (κ1) is 54.2. The van der Waals surface area contributed by atoms with Gasteiger partial charge in [0.2, 0.25) is 29.5 Å². The van der Waals surface area contributed by atoms with Crippen molar-refractivity contribution in [3.05, 3.63) is 0 Å². The van der Waals surface area contributed by atoms with Crippen LogP contribution in [0.1, 0.15) is 141 Å². The highest BCUT2D eigenvalue weighted by Gasteiger charge is 2.24. The molecule has 20 nitrogen and oxygen atoms in total. The zero-order valence-electron chi connectivity index (χ0n) is 34.2. The number of ether oxygens (including phenoxy) is 2. The fourth-order valence-electron chi connectivity index (χ4n) is 5.80. The number of hydrogen-bond acceptors (Lipinski definition) is 11. The molecule has 3 atom stereocenters. The summed E-state index contributed by atoms with van der Waals surface area (Å²) in [5.41, 5.74) is 4.99. The average Bonchev–Trinajstić information content (AvgIpc) is 3.16. The Balaban J connectivity index is 4.00.